The average Bonchev–Trinajstić information content (AvgIpc) is 2.86. The van der Waals surface area contributed by atoms with Crippen molar-refractivity contribution in [2.75, 3.05) is 0 Å². The van der Waals surface area contributed by atoms with E-state index >= 15 is 0 Å². The van der Waals surface area contributed by atoms with Crippen molar-refractivity contribution in [1.29, 1.82) is 0 Å². The Morgan fingerprint density at radius 3 is 2.50 bits per heavy atom. The molecule has 1 fully saturated rings. The molecule has 182 valence electrons. The van der Waals surface area contributed by atoms with Crippen molar-refractivity contribution < 1.29 is 8.81 Å². The molecule has 0 amide bonds. The van der Waals surface area contributed by atoms with E-state index in [2.05, 4.69) is 35.6 Å². The lowest BCUT2D eigenvalue weighted by Gasteiger charge is -2.38. The van der Waals surface area contributed by atoms with Gasteiger partial charge in [-0.1, -0.05) is 36.1 Å². The number of benzene rings is 2. The second kappa shape index (κ2) is 10.3. The fourth-order valence-corrected chi connectivity index (χ4v) is 4.92. The Hall–Kier alpha value is -3.46. The van der Waals surface area contributed by atoms with Crippen LogP contribution in [0.3, 0.4) is 0 Å². The Morgan fingerprint density at radius 2 is 1.78 bits per heavy atom. The van der Waals surface area contributed by atoms with Crippen molar-refractivity contribution in [3.8, 4) is 23.0 Å². The maximum absolute atomic E-state index is 14.7. The highest BCUT2D eigenvalue weighted by Gasteiger charge is 2.25. The van der Waals surface area contributed by atoms with E-state index in [1.165, 1.54) is 12.5 Å². The molecule has 4 aromatic rings. The van der Waals surface area contributed by atoms with Gasteiger partial charge in [-0.25, -0.2) is 9.37 Å². The largest absolute Gasteiger partial charge is 0.459 e. The monoisotopic (exact) mass is 500 g/mol. The van der Waals surface area contributed by atoms with E-state index in [9.17, 15) is 9.18 Å². The predicted octanol–water partition coefficient (Wildman–Crippen LogP) is 6.81. The number of hydrogen-bond donors (Lipinski definition) is 0. The van der Waals surface area contributed by atoms with Gasteiger partial charge in [0.1, 0.15) is 17.0 Å². The van der Waals surface area contributed by atoms with Crippen LogP contribution < -0.4 is 5.43 Å². The highest BCUT2D eigenvalue weighted by molar-refractivity contribution is 6.30. The Bertz CT molecular complexity index is 1530. The standard InChI is InChI=1S/C30H26ClFN2O2/c1-19-4-3-5-20(2)34(19)18-25-16-29(35)26-14-21(7-13-30(26)36-25)6-12-28-27(32)15-23(17-33-28)22-8-10-24(31)11-9-22/h7-11,13-17,19-20H,3-5,18H2,1-2H3. The van der Waals surface area contributed by atoms with Gasteiger partial charge in [0, 0.05) is 40.5 Å². The van der Waals surface area contributed by atoms with Gasteiger partial charge in [-0.15, -0.1) is 0 Å². The molecule has 4 nitrogen and oxygen atoms in total. The van der Waals surface area contributed by atoms with Gasteiger partial charge >= 0.3 is 0 Å². The molecule has 36 heavy (non-hydrogen) atoms. The van der Waals surface area contributed by atoms with Gasteiger partial charge < -0.3 is 4.42 Å². The average molecular weight is 501 g/mol. The minimum absolute atomic E-state index is 0.0416. The summed E-state index contributed by atoms with van der Waals surface area (Å²) in [6, 6.07) is 16.2. The highest BCUT2D eigenvalue weighted by atomic mass is 35.5. The van der Waals surface area contributed by atoms with Crippen molar-refractivity contribution in [3.05, 3.63) is 98.9 Å². The molecule has 3 heterocycles. The number of hydrogen-bond acceptors (Lipinski definition) is 4. The fraction of sp³-hybridized carbons (Fsp3) is 0.267. The van der Waals surface area contributed by atoms with Crippen molar-refractivity contribution >= 4 is 22.6 Å². The lowest BCUT2D eigenvalue weighted by Crippen LogP contribution is -2.43. The Labute approximate surface area is 214 Å². The van der Waals surface area contributed by atoms with Gasteiger partial charge in [-0.2, -0.15) is 0 Å². The molecule has 0 aliphatic carbocycles. The van der Waals surface area contributed by atoms with E-state index in [1.54, 1.807) is 42.6 Å². The predicted molar refractivity (Wildman–Crippen MR) is 141 cm³/mol. The summed E-state index contributed by atoms with van der Waals surface area (Å²) in [5.74, 6) is 5.85. The van der Waals surface area contributed by atoms with Gasteiger partial charge in [-0.05, 0) is 74.6 Å². The van der Waals surface area contributed by atoms with Crippen LogP contribution in [0.25, 0.3) is 22.1 Å². The molecular weight excluding hydrogens is 475 g/mol. The normalized spacial score (nSPS) is 18.1. The number of fused-ring (bicyclic) bond motifs is 1. The van der Waals surface area contributed by atoms with Crippen LogP contribution in [0.2, 0.25) is 5.02 Å². The summed E-state index contributed by atoms with van der Waals surface area (Å²) in [4.78, 5) is 19.5. The van der Waals surface area contributed by atoms with Crippen LogP contribution in [0.1, 0.15) is 50.1 Å². The molecule has 0 spiro atoms. The molecule has 0 bridgehead atoms. The summed E-state index contributed by atoms with van der Waals surface area (Å²) in [5.41, 5.74) is 2.50. The molecule has 2 unspecified atom stereocenters. The van der Waals surface area contributed by atoms with Gasteiger partial charge in [-0.3, -0.25) is 9.69 Å². The number of rotatable bonds is 3. The number of likely N-dealkylation sites (tertiary alicyclic amines) is 1. The van der Waals surface area contributed by atoms with Crippen LogP contribution in [0.15, 0.2) is 70.0 Å². The minimum Gasteiger partial charge on any atom is -0.459 e. The zero-order valence-electron chi connectivity index (χ0n) is 20.2. The second-order valence-corrected chi connectivity index (χ2v) is 9.84. The molecular formula is C30H26ClFN2O2. The van der Waals surface area contributed by atoms with Crippen LogP contribution in [-0.2, 0) is 6.54 Å². The minimum atomic E-state index is -0.513. The summed E-state index contributed by atoms with van der Waals surface area (Å²) < 4.78 is 20.7. The second-order valence-electron chi connectivity index (χ2n) is 9.40. The Morgan fingerprint density at radius 1 is 1.03 bits per heavy atom. The number of piperidine rings is 1. The van der Waals surface area contributed by atoms with Crippen LogP contribution in [0.4, 0.5) is 4.39 Å². The zero-order chi connectivity index (χ0) is 25.2. The first-order valence-electron chi connectivity index (χ1n) is 12.1. The van der Waals surface area contributed by atoms with Crippen LogP contribution in [0, 0.1) is 17.7 Å². The summed E-state index contributed by atoms with van der Waals surface area (Å²) in [6.45, 7) is 5.07. The SMILES string of the molecule is CC1CCCC(C)N1Cc1cc(=O)c2cc(C#Cc3ncc(-c4ccc(Cl)cc4)cc3F)ccc2o1. The maximum Gasteiger partial charge on any atom is 0.193 e. The van der Waals surface area contributed by atoms with Crippen LogP contribution in [0.5, 0.6) is 0 Å². The summed E-state index contributed by atoms with van der Waals surface area (Å²) >= 11 is 5.92. The zero-order valence-corrected chi connectivity index (χ0v) is 21.0. The number of aromatic nitrogens is 1. The van der Waals surface area contributed by atoms with Gasteiger partial charge in [0.15, 0.2) is 11.2 Å². The first-order valence-corrected chi connectivity index (χ1v) is 12.5. The van der Waals surface area contributed by atoms with Crippen LogP contribution in [-0.4, -0.2) is 22.0 Å². The third-order valence-electron chi connectivity index (χ3n) is 6.84. The number of pyridine rings is 1. The smallest absolute Gasteiger partial charge is 0.193 e. The van der Waals surface area contributed by atoms with E-state index in [-0.39, 0.29) is 11.1 Å². The van der Waals surface area contributed by atoms with E-state index in [0.29, 0.717) is 51.5 Å². The fourth-order valence-electron chi connectivity index (χ4n) is 4.79. The number of halogens is 2. The Balaban J connectivity index is 1.38. The summed E-state index contributed by atoms with van der Waals surface area (Å²) in [6.07, 6.45) is 5.13. The van der Waals surface area contributed by atoms with E-state index < -0.39 is 5.82 Å². The highest BCUT2D eigenvalue weighted by Crippen LogP contribution is 2.26. The molecule has 1 aliphatic rings. The molecule has 2 aromatic heterocycles. The summed E-state index contributed by atoms with van der Waals surface area (Å²) in [7, 11) is 0. The van der Waals surface area contributed by atoms with Crippen molar-refractivity contribution in [1.82, 2.24) is 9.88 Å². The molecule has 0 N–H and O–H groups in total. The molecule has 0 radical (unpaired) electrons. The lowest BCUT2D eigenvalue weighted by molar-refractivity contribution is 0.0874. The first-order chi connectivity index (χ1) is 17.4. The van der Waals surface area contributed by atoms with E-state index in [1.807, 2.05) is 12.1 Å². The van der Waals surface area contributed by atoms with Crippen LogP contribution >= 0.6 is 11.6 Å². The van der Waals surface area contributed by atoms with Crippen molar-refractivity contribution in [3.63, 3.8) is 0 Å². The molecule has 6 heteroatoms. The third kappa shape index (κ3) is 5.21. The third-order valence-corrected chi connectivity index (χ3v) is 7.09. The van der Waals surface area contributed by atoms with Gasteiger partial charge in [0.2, 0.25) is 0 Å². The molecule has 1 saturated heterocycles. The molecule has 2 atom stereocenters. The van der Waals surface area contributed by atoms with Crippen molar-refractivity contribution in [2.24, 2.45) is 0 Å². The molecule has 0 saturated carbocycles. The molecule has 1 aliphatic heterocycles. The van der Waals surface area contributed by atoms with E-state index in [4.69, 9.17) is 16.0 Å². The molecule has 5 rings (SSSR count). The topological polar surface area (TPSA) is 46.3 Å². The number of nitrogens with zero attached hydrogens (tertiary/aromatic N) is 2. The molecule has 2 aromatic carbocycles. The Kier molecular flexibility index (Phi) is 6.91. The quantitative estimate of drug-likeness (QED) is 0.290. The van der Waals surface area contributed by atoms with E-state index in [0.717, 1.165) is 18.4 Å². The van der Waals surface area contributed by atoms with Gasteiger partial charge in [0.05, 0.1) is 11.9 Å². The van der Waals surface area contributed by atoms with Crippen molar-refractivity contribution in [2.45, 2.75) is 51.7 Å². The maximum atomic E-state index is 14.7. The first kappa shape index (κ1) is 24.2. The van der Waals surface area contributed by atoms with Gasteiger partial charge in [0.25, 0.3) is 0 Å². The summed E-state index contributed by atoms with van der Waals surface area (Å²) in [5, 5.41) is 1.07. The lowest BCUT2D eigenvalue weighted by atomic mass is 9.97.